The number of likely N-dealkylation sites (tertiary alicyclic amines) is 1. The number of nitro groups is 1. The van der Waals surface area contributed by atoms with E-state index in [-0.39, 0.29) is 48.3 Å². The average molecular weight is 669 g/mol. The lowest BCUT2D eigenvalue weighted by molar-refractivity contribution is -0.384. The molecule has 1 N–H and O–H groups in total. The summed E-state index contributed by atoms with van der Waals surface area (Å²) < 4.78 is 50.2. The van der Waals surface area contributed by atoms with Crippen molar-refractivity contribution in [3.8, 4) is 0 Å². The van der Waals surface area contributed by atoms with Gasteiger partial charge in [-0.3, -0.25) is 24.6 Å². The Balaban J connectivity index is 1.59. The Morgan fingerprint density at radius 1 is 1.11 bits per heavy atom. The number of nitro benzene ring substituents is 1. The number of rotatable bonds is 12. The molecule has 3 heterocycles. The lowest BCUT2D eigenvalue weighted by Crippen LogP contribution is -2.65. The fourth-order valence-corrected chi connectivity index (χ4v) is 9.75. The summed E-state index contributed by atoms with van der Waals surface area (Å²) in [6, 6.07) is 5.90. The van der Waals surface area contributed by atoms with E-state index in [1.807, 2.05) is 19.2 Å². The zero-order valence-electron chi connectivity index (χ0n) is 26.4. The molecule has 16 heteroatoms. The zero-order valence-corrected chi connectivity index (χ0v) is 27.4. The highest BCUT2D eigenvalue weighted by Gasteiger charge is 2.61. The number of amides is 2. The number of esters is 2. The van der Waals surface area contributed by atoms with Crippen LogP contribution in [0.1, 0.15) is 51.4 Å². The first kappa shape index (κ1) is 35.2. The van der Waals surface area contributed by atoms with Gasteiger partial charge in [0.2, 0.25) is 5.91 Å². The minimum absolute atomic E-state index is 0.0846. The number of non-ortho nitro benzene ring substituents is 1. The van der Waals surface area contributed by atoms with Gasteiger partial charge in [-0.25, -0.2) is 9.59 Å². The van der Waals surface area contributed by atoms with Crippen molar-refractivity contribution < 1.29 is 46.4 Å². The van der Waals surface area contributed by atoms with Gasteiger partial charge in [-0.1, -0.05) is 27.7 Å². The lowest BCUT2D eigenvalue weighted by Gasteiger charge is -2.49. The van der Waals surface area contributed by atoms with E-state index in [1.54, 1.807) is 4.90 Å². The van der Waals surface area contributed by atoms with Crippen molar-refractivity contribution in [3.05, 3.63) is 51.2 Å². The van der Waals surface area contributed by atoms with Crippen molar-refractivity contribution in [3.63, 3.8) is 0 Å². The van der Waals surface area contributed by atoms with Crippen LogP contribution in [0.3, 0.4) is 0 Å². The van der Waals surface area contributed by atoms with Crippen LogP contribution >= 0.6 is 0 Å². The summed E-state index contributed by atoms with van der Waals surface area (Å²) in [7, 11) is -2.10. The number of benzene rings is 1. The summed E-state index contributed by atoms with van der Waals surface area (Å²) in [5, 5.41) is 13.0. The van der Waals surface area contributed by atoms with E-state index >= 15 is 0 Å². The second kappa shape index (κ2) is 13.6. The zero-order chi connectivity index (χ0) is 34.1. The molecular formula is C30H39F3N4O8Si. The molecule has 2 fully saturated rings. The van der Waals surface area contributed by atoms with Crippen LogP contribution in [-0.2, 0) is 23.5 Å². The number of hydrogen-bond donors (Lipinski definition) is 1. The van der Waals surface area contributed by atoms with E-state index in [0.29, 0.717) is 12.1 Å². The van der Waals surface area contributed by atoms with Crippen LogP contribution in [0.5, 0.6) is 0 Å². The van der Waals surface area contributed by atoms with Crippen LogP contribution in [0.25, 0.3) is 0 Å². The van der Waals surface area contributed by atoms with Gasteiger partial charge in [0.25, 0.3) is 5.69 Å². The SMILES string of the molecule is CC[Si](CC)(CC)OC(C)[C@H]1C(=O)N2C(C(=O)OC(=O)c3ccc([N+](=O)[O-])cc3)=C(CN3CC[C@H](NC(=O)C(F)(F)F)C3)[C@H](C)[C@H]12. The molecule has 46 heavy (non-hydrogen) atoms. The number of carbonyl (C=O) groups is 4. The van der Waals surface area contributed by atoms with Gasteiger partial charge in [0.15, 0.2) is 8.32 Å². The summed E-state index contributed by atoms with van der Waals surface area (Å²) >= 11 is 0. The maximum atomic E-state index is 13.7. The highest BCUT2D eigenvalue weighted by molar-refractivity contribution is 6.73. The van der Waals surface area contributed by atoms with E-state index in [1.165, 1.54) is 4.90 Å². The molecule has 0 saturated carbocycles. The first-order chi connectivity index (χ1) is 21.6. The maximum absolute atomic E-state index is 13.7. The van der Waals surface area contributed by atoms with Gasteiger partial charge in [-0.05, 0) is 49.2 Å². The van der Waals surface area contributed by atoms with Crippen molar-refractivity contribution >= 4 is 37.8 Å². The monoisotopic (exact) mass is 668 g/mol. The molecule has 0 aliphatic carbocycles. The molecule has 2 amide bonds. The predicted molar refractivity (Wildman–Crippen MR) is 161 cm³/mol. The summed E-state index contributed by atoms with van der Waals surface area (Å²) in [5.41, 5.74) is 0.0168. The average Bonchev–Trinajstić information content (AvgIpc) is 3.55. The van der Waals surface area contributed by atoms with Gasteiger partial charge < -0.3 is 19.4 Å². The van der Waals surface area contributed by atoms with Gasteiger partial charge in [0.05, 0.1) is 28.6 Å². The molecule has 1 unspecified atom stereocenters. The highest BCUT2D eigenvalue weighted by atomic mass is 28.4. The van der Waals surface area contributed by atoms with Gasteiger partial charge in [-0.2, -0.15) is 13.2 Å². The van der Waals surface area contributed by atoms with Crippen molar-refractivity contribution in [2.45, 2.75) is 83.5 Å². The predicted octanol–water partition coefficient (Wildman–Crippen LogP) is 4.17. The van der Waals surface area contributed by atoms with Crippen LogP contribution in [0, 0.1) is 22.0 Å². The van der Waals surface area contributed by atoms with E-state index in [4.69, 9.17) is 9.16 Å². The largest absolute Gasteiger partial charge is 0.471 e. The Morgan fingerprint density at radius 2 is 1.72 bits per heavy atom. The number of fused-ring (bicyclic) bond motifs is 1. The molecule has 0 bridgehead atoms. The summed E-state index contributed by atoms with van der Waals surface area (Å²) in [6.45, 7) is 10.4. The standard InChI is InChI=1S/C30H39F3N4O8Si/c1-6-46(7-2,8-3)45-18(5)23-24-17(4)22(16-35-14-13-20(15-35)34-29(41)30(31,32)33)25(36(24)26(23)38)28(40)44-27(39)19-9-11-21(12-10-19)37(42)43/h9-12,17-18,20,23-24H,6-8,13-16H2,1-5H3,(H,34,41)/t17-,18?,20-,23+,24+/m0/s1. The fourth-order valence-electron chi connectivity index (χ4n) is 6.81. The molecule has 3 aliphatic rings. The third-order valence-electron chi connectivity index (χ3n) is 9.62. The number of ether oxygens (including phenoxy) is 1. The molecular weight excluding hydrogens is 629 g/mol. The number of carbonyl (C=O) groups excluding carboxylic acids is 4. The molecule has 4 rings (SSSR count). The Morgan fingerprint density at radius 3 is 2.26 bits per heavy atom. The Bertz CT molecular complexity index is 1410. The van der Waals surface area contributed by atoms with E-state index < -0.39 is 61.4 Å². The van der Waals surface area contributed by atoms with Crippen molar-refractivity contribution in [1.82, 2.24) is 15.1 Å². The van der Waals surface area contributed by atoms with Crippen molar-refractivity contribution in [1.29, 1.82) is 0 Å². The molecule has 3 aliphatic heterocycles. The third kappa shape index (κ3) is 6.88. The Kier molecular flexibility index (Phi) is 10.4. The van der Waals surface area contributed by atoms with Crippen LogP contribution in [0.4, 0.5) is 18.9 Å². The smallest absolute Gasteiger partial charge is 0.413 e. The summed E-state index contributed by atoms with van der Waals surface area (Å²) in [4.78, 5) is 65.1. The van der Waals surface area contributed by atoms with Gasteiger partial charge >= 0.3 is 24.0 Å². The summed E-state index contributed by atoms with van der Waals surface area (Å²) in [5.74, 6) is -5.46. The highest BCUT2D eigenvalue weighted by Crippen LogP contribution is 2.49. The Labute approximate surface area is 265 Å². The number of halogens is 3. The van der Waals surface area contributed by atoms with Crippen molar-refractivity contribution in [2.75, 3.05) is 19.6 Å². The minimum Gasteiger partial charge on any atom is -0.413 e. The number of nitrogens with zero attached hydrogens (tertiary/aromatic N) is 3. The van der Waals surface area contributed by atoms with E-state index in [9.17, 15) is 42.5 Å². The number of nitrogens with one attached hydrogen (secondary N) is 1. The number of β-lactam (4-membered cyclic amide) rings is 1. The first-order valence-corrected chi connectivity index (χ1v) is 17.9. The van der Waals surface area contributed by atoms with E-state index in [0.717, 1.165) is 42.4 Å². The van der Waals surface area contributed by atoms with Crippen LogP contribution in [0.2, 0.25) is 18.1 Å². The molecule has 12 nitrogen and oxygen atoms in total. The minimum atomic E-state index is -5.02. The second-order valence-corrected chi connectivity index (χ2v) is 16.8. The quantitative estimate of drug-likeness (QED) is 0.0865. The molecule has 252 valence electrons. The molecule has 0 aromatic heterocycles. The van der Waals surface area contributed by atoms with Crippen LogP contribution < -0.4 is 5.32 Å². The summed E-state index contributed by atoms with van der Waals surface area (Å²) in [6.07, 6.45) is -5.20. The first-order valence-electron chi connectivity index (χ1n) is 15.4. The van der Waals surface area contributed by atoms with Gasteiger partial charge in [0, 0.05) is 43.7 Å². The number of hydrogen-bond acceptors (Lipinski definition) is 9. The second-order valence-electron chi connectivity index (χ2n) is 12.1. The number of alkyl halides is 3. The maximum Gasteiger partial charge on any atom is 0.471 e. The molecule has 1 aromatic rings. The van der Waals surface area contributed by atoms with Gasteiger partial charge in [-0.15, -0.1) is 0 Å². The normalized spacial score (nSPS) is 24.0. The van der Waals surface area contributed by atoms with Gasteiger partial charge in [0.1, 0.15) is 5.70 Å². The topological polar surface area (TPSA) is 148 Å². The molecule has 2 saturated heterocycles. The molecule has 1 aromatic carbocycles. The van der Waals surface area contributed by atoms with Crippen LogP contribution in [0.15, 0.2) is 35.5 Å². The Hall–Kier alpha value is -3.63. The fraction of sp³-hybridized carbons (Fsp3) is 0.600. The van der Waals surface area contributed by atoms with Crippen LogP contribution in [-0.4, -0.2) is 90.8 Å². The molecule has 0 spiro atoms. The third-order valence-corrected chi connectivity index (χ3v) is 14.4. The van der Waals surface area contributed by atoms with Crippen molar-refractivity contribution in [2.24, 2.45) is 11.8 Å². The lowest BCUT2D eigenvalue weighted by atomic mass is 9.77. The van der Waals surface area contributed by atoms with E-state index in [2.05, 4.69) is 20.8 Å². The molecule has 5 atom stereocenters. The molecule has 0 radical (unpaired) electrons.